The fraction of sp³-hybridized carbons (Fsp3) is 0.700. The van der Waals surface area contributed by atoms with Gasteiger partial charge in [-0.05, 0) is 25.1 Å². The third-order valence-corrected chi connectivity index (χ3v) is 4.97. The van der Waals surface area contributed by atoms with Gasteiger partial charge in [0.2, 0.25) is 0 Å². The first-order valence-corrected chi connectivity index (χ1v) is 7.03. The first-order chi connectivity index (χ1) is 6.90. The molecule has 1 aliphatic rings. The fourth-order valence-corrected chi connectivity index (χ4v) is 3.98. The second-order valence-electron chi connectivity index (χ2n) is 3.45. The summed E-state index contributed by atoms with van der Waals surface area (Å²) in [6, 6.07) is 0. The summed E-state index contributed by atoms with van der Waals surface area (Å²) in [5.74, 6) is 1.31. The SMILES string of the molecule is CCNCc1cnc(C2CCCS2)s1. The molecule has 0 bridgehead atoms. The van der Waals surface area contributed by atoms with Crippen LogP contribution < -0.4 is 5.32 Å². The van der Waals surface area contributed by atoms with Gasteiger partial charge < -0.3 is 5.32 Å². The van der Waals surface area contributed by atoms with Crippen molar-refractivity contribution < 1.29 is 0 Å². The second-order valence-corrected chi connectivity index (χ2v) is 5.90. The van der Waals surface area contributed by atoms with Gasteiger partial charge in [-0.1, -0.05) is 6.92 Å². The molecule has 1 atom stereocenters. The van der Waals surface area contributed by atoms with E-state index in [9.17, 15) is 0 Å². The lowest BCUT2D eigenvalue weighted by Gasteiger charge is -2.01. The topological polar surface area (TPSA) is 24.9 Å². The summed E-state index contributed by atoms with van der Waals surface area (Å²) in [5, 5.41) is 5.36. The molecular weight excluding hydrogens is 212 g/mol. The number of nitrogens with zero attached hydrogens (tertiary/aromatic N) is 1. The maximum atomic E-state index is 4.51. The largest absolute Gasteiger partial charge is 0.312 e. The van der Waals surface area contributed by atoms with Gasteiger partial charge in [0.15, 0.2) is 0 Å². The first kappa shape index (κ1) is 10.5. The van der Waals surface area contributed by atoms with Crippen molar-refractivity contribution in [1.82, 2.24) is 10.3 Å². The van der Waals surface area contributed by atoms with Gasteiger partial charge in [-0.25, -0.2) is 4.98 Å². The molecule has 1 unspecified atom stereocenters. The van der Waals surface area contributed by atoms with Crippen molar-refractivity contribution in [3.05, 3.63) is 16.1 Å². The van der Waals surface area contributed by atoms with Crippen LogP contribution in [0.5, 0.6) is 0 Å². The molecule has 0 radical (unpaired) electrons. The van der Waals surface area contributed by atoms with Gasteiger partial charge in [-0.15, -0.1) is 11.3 Å². The summed E-state index contributed by atoms with van der Waals surface area (Å²) in [4.78, 5) is 5.88. The molecule has 2 heterocycles. The number of thiazole rings is 1. The van der Waals surface area contributed by atoms with Crippen molar-refractivity contribution in [2.45, 2.75) is 31.6 Å². The molecule has 78 valence electrons. The Labute approximate surface area is 93.5 Å². The van der Waals surface area contributed by atoms with E-state index in [-0.39, 0.29) is 0 Å². The molecule has 0 saturated carbocycles. The molecule has 0 amide bonds. The van der Waals surface area contributed by atoms with E-state index in [0.717, 1.165) is 13.1 Å². The van der Waals surface area contributed by atoms with E-state index in [0.29, 0.717) is 5.25 Å². The lowest BCUT2D eigenvalue weighted by atomic mass is 10.3. The van der Waals surface area contributed by atoms with Crippen LogP contribution in [0.3, 0.4) is 0 Å². The van der Waals surface area contributed by atoms with Crippen LogP contribution >= 0.6 is 23.1 Å². The van der Waals surface area contributed by atoms with Crippen LogP contribution in [0.15, 0.2) is 6.20 Å². The molecule has 0 aliphatic carbocycles. The van der Waals surface area contributed by atoms with Crippen LogP contribution in [-0.4, -0.2) is 17.3 Å². The monoisotopic (exact) mass is 228 g/mol. The molecule has 1 fully saturated rings. The maximum Gasteiger partial charge on any atom is 0.106 e. The lowest BCUT2D eigenvalue weighted by molar-refractivity contribution is 0.734. The predicted octanol–water partition coefficient (Wildman–Crippen LogP) is 2.82. The summed E-state index contributed by atoms with van der Waals surface area (Å²) in [7, 11) is 0. The summed E-state index contributed by atoms with van der Waals surface area (Å²) in [6.45, 7) is 4.14. The molecular formula is C10H16N2S2. The zero-order valence-electron chi connectivity index (χ0n) is 8.45. The Kier molecular flexibility index (Phi) is 3.84. The van der Waals surface area contributed by atoms with Gasteiger partial charge >= 0.3 is 0 Å². The van der Waals surface area contributed by atoms with E-state index in [1.54, 1.807) is 0 Å². The smallest absolute Gasteiger partial charge is 0.106 e. The lowest BCUT2D eigenvalue weighted by Crippen LogP contribution is -2.10. The van der Waals surface area contributed by atoms with Gasteiger partial charge in [0.25, 0.3) is 0 Å². The summed E-state index contributed by atoms with van der Waals surface area (Å²) < 4.78 is 0. The van der Waals surface area contributed by atoms with Gasteiger partial charge in [0.05, 0.1) is 5.25 Å². The third kappa shape index (κ3) is 2.49. The van der Waals surface area contributed by atoms with Crippen LogP contribution in [0.25, 0.3) is 0 Å². The van der Waals surface area contributed by atoms with E-state index >= 15 is 0 Å². The van der Waals surface area contributed by atoms with Crippen molar-refractivity contribution in [3.63, 3.8) is 0 Å². The maximum absolute atomic E-state index is 4.51. The molecule has 4 heteroatoms. The van der Waals surface area contributed by atoms with E-state index in [1.807, 2.05) is 17.5 Å². The van der Waals surface area contributed by atoms with E-state index in [2.05, 4.69) is 29.0 Å². The number of aromatic nitrogens is 1. The molecule has 0 aromatic carbocycles. The zero-order chi connectivity index (χ0) is 9.80. The molecule has 1 aromatic rings. The van der Waals surface area contributed by atoms with Crippen molar-refractivity contribution in [3.8, 4) is 0 Å². The summed E-state index contributed by atoms with van der Waals surface area (Å²) in [5.41, 5.74) is 0. The minimum atomic E-state index is 0.690. The Balaban J connectivity index is 1.94. The molecule has 1 aromatic heterocycles. The highest BCUT2D eigenvalue weighted by molar-refractivity contribution is 7.99. The number of rotatable bonds is 4. The van der Waals surface area contributed by atoms with Crippen LogP contribution in [0.4, 0.5) is 0 Å². The zero-order valence-corrected chi connectivity index (χ0v) is 10.1. The number of hydrogen-bond acceptors (Lipinski definition) is 4. The molecule has 0 spiro atoms. The van der Waals surface area contributed by atoms with Gasteiger partial charge in [-0.3, -0.25) is 0 Å². The highest BCUT2D eigenvalue weighted by atomic mass is 32.2. The van der Waals surface area contributed by atoms with Gasteiger partial charge in [-0.2, -0.15) is 11.8 Å². The Morgan fingerprint density at radius 2 is 2.57 bits per heavy atom. The molecule has 14 heavy (non-hydrogen) atoms. The predicted molar refractivity (Wildman–Crippen MR) is 63.9 cm³/mol. The van der Waals surface area contributed by atoms with Crippen molar-refractivity contribution in [1.29, 1.82) is 0 Å². The van der Waals surface area contributed by atoms with Crippen molar-refractivity contribution in [2.24, 2.45) is 0 Å². The minimum Gasteiger partial charge on any atom is -0.312 e. The molecule has 2 rings (SSSR count). The highest BCUT2D eigenvalue weighted by Gasteiger charge is 2.20. The fourth-order valence-electron chi connectivity index (χ4n) is 1.57. The van der Waals surface area contributed by atoms with Crippen LogP contribution in [0, 0.1) is 0 Å². The Bertz CT molecular complexity index is 279. The van der Waals surface area contributed by atoms with Crippen LogP contribution in [-0.2, 0) is 6.54 Å². The van der Waals surface area contributed by atoms with E-state index in [1.165, 1.54) is 28.5 Å². The minimum absolute atomic E-state index is 0.690. The van der Waals surface area contributed by atoms with E-state index < -0.39 is 0 Å². The Hall–Kier alpha value is -0.0600. The highest BCUT2D eigenvalue weighted by Crippen LogP contribution is 2.41. The van der Waals surface area contributed by atoms with Gasteiger partial charge in [0.1, 0.15) is 5.01 Å². The van der Waals surface area contributed by atoms with Crippen LogP contribution in [0.1, 0.15) is 34.9 Å². The molecule has 2 nitrogen and oxygen atoms in total. The van der Waals surface area contributed by atoms with Crippen LogP contribution in [0.2, 0.25) is 0 Å². The van der Waals surface area contributed by atoms with E-state index in [4.69, 9.17) is 0 Å². The number of hydrogen-bond donors (Lipinski definition) is 1. The normalized spacial score (nSPS) is 21.6. The summed E-state index contributed by atoms with van der Waals surface area (Å²) >= 11 is 3.94. The standard InChI is InChI=1S/C10H16N2S2/c1-2-11-6-8-7-12-10(14-8)9-4-3-5-13-9/h7,9,11H,2-6H2,1H3. The average Bonchev–Trinajstić information content (AvgIpc) is 2.85. The Morgan fingerprint density at radius 3 is 3.29 bits per heavy atom. The second kappa shape index (κ2) is 5.14. The number of thioether (sulfide) groups is 1. The number of nitrogens with one attached hydrogen (secondary N) is 1. The van der Waals surface area contributed by atoms with Crippen molar-refractivity contribution in [2.75, 3.05) is 12.3 Å². The molecule has 1 N–H and O–H groups in total. The van der Waals surface area contributed by atoms with Crippen molar-refractivity contribution >= 4 is 23.1 Å². The first-order valence-electron chi connectivity index (χ1n) is 5.17. The third-order valence-electron chi connectivity index (χ3n) is 2.33. The molecule has 1 saturated heterocycles. The Morgan fingerprint density at radius 1 is 1.64 bits per heavy atom. The quantitative estimate of drug-likeness (QED) is 0.858. The average molecular weight is 228 g/mol. The summed E-state index contributed by atoms with van der Waals surface area (Å²) in [6.07, 6.45) is 4.71. The van der Waals surface area contributed by atoms with Gasteiger partial charge in [0, 0.05) is 17.6 Å². The molecule has 1 aliphatic heterocycles.